The minimum Gasteiger partial charge on any atom is -0.352 e. The first kappa shape index (κ1) is 14.2. The Bertz CT molecular complexity index is 767. The molecule has 1 aromatic carbocycles. The van der Waals surface area contributed by atoms with Crippen LogP contribution >= 0.6 is 0 Å². The Balaban J connectivity index is 1.57. The molecule has 3 heterocycles. The Labute approximate surface area is 135 Å². The average Bonchev–Trinajstić information content (AvgIpc) is 3.10. The number of rotatable bonds is 4. The molecule has 0 saturated carbocycles. The van der Waals surface area contributed by atoms with Gasteiger partial charge in [-0.25, -0.2) is 15.0 Å². The zero-order valence-corrected chi connectivity index (χ0v) is 13.2. The van der Waals surface area contributed by atoms with E-state index in [-0.39, 0.29) is 0 Å². The van der Waals surface area contributed by atoms with Crippen LogP contribution < -0.4 is 4.90 Å². The van der Waals surface area contributed by atoms with Crippen LogP contribution in [-0.2, 0) is 6.42 Å². The lowest BCUT2D eigenvalue weighted by atomic mass is 9.96. The number of hydrogen-bond donors (Lipinski definition) is 1. The molecule has 1 fully saturated rings. The summed E-state index contributed by atoms with van der Waals surface area (Å²) in [4.78, 5) is 18.7. The van der Waals surface area contributed by atoms with Crippen LogP contribution in [0, 0.1) is 0 Å². The molecule has 0 unspecified atom stereocenters. The summed E-state index contributed by atoms with van der Waals surface area (Å²) < 4.78 is 0. The highest BCUT2D eigenvalue weighted by atomic mass is 15.2. The molecule has 3 aromatic rings. The molecule has 1 aliphatic rings. The van der Waals surface area contributed by atoms with E-state index in [0.717, 1.165) is 36.4 Å². The Hall–Kier alpha value is -2.43. The molecule has 0 aliphatic carbocycles. The van der Waals surface area contributed by atoms with Gasteiger partial charge in [-0.1, -0.05) is 30.3 Å². The van der Waals surface area contributed by atoms with Crippen molar-refractivity contribution in [2.75, 3.05) is 11.4 Å². The molecule has 2 aromatic heterocycles. The summed E-state index contributed by atoms with van der Waals surface area (Å²) >= 11 is 0. The molecule has 4 rings (SSSR count). The summed E-state index contributed by atoms with van der Waals surface area (Å²) in [7, 11) is 0. The number of aryl methyl sites for hydroxylation is 1. The van der Waals surface area contributed by atoms with Gasteiger partial charge in [-0.15, -0.1) is 0 Å². The van der Waals surface area contributed by atoms with Gasteiger partial charge in [0.1, 0.15) is 11.8 Å². The van der Waals surface area contributed by atoms with Crippen molar-refractivity contribution in [1.82, 2.24) is 19.9 Å². The van der Waals surface area contributed by atoms with Crippen LogP contribution in [0.1, 0.15) is 31.2 Å². The van der Waals surface area contributed by atoms with Crippen molar-refractivity contribution < 1.29 is 0 Å². The molecule has 1 N–H and O–H groups in total. The number of fused-ring (bicyclic) bond motifs is 1. The topological polar surface area (TPSA) is 57.7 Å². The van der Waals surface area contributed by atoms with E-state index in [0.29, 0.717) is 6.04 Å². The zero-order valence-electron chi connectivity index (χ0n) is 13.2. The van der Waals surface area contributed by atoms with E-state index in [1.54, 1.807) is 12.7 Å². The number of hydrogen-bond acceptors (Lipinski definition) is 4. The molecule has 118 valence electrons. The lowest BCUT2D eigenvalue weighted by Crippen LogP contribution is -2.40. The van der Waals surface area contributed by atoms with Crippen molar-refractivity contribution in [1.29, 1.82) is 0 Å². The largest absolute Gasteiger partial charge is 0.352 e. The highest BCUT2D eigenvalue weighted by Gasteiger charge is 2.25. The number of aromatic amines is 1. The number of aromatic nitrogens is 4. The van der Waals surface area contributed by atoms with Gasteiger partial charge in [-0.3, -0.25) is 0 Å². The van der Waals surface area contributed by atoms with E-state index in [2.05, 4.69) is 55.2 Å². The number of nitrogens with zero attached hydrogens (tertiary/aromatic N) is 4. The molecule has 0 bridgehead atoms. The number of piperidine rings is 1. The van der Waals surface area contributed by atoms with Gasteiger partial charge >= 0.3 is 0 Å². The standard InChI is InChI=1S/C18H21N5/c1-2-6-14(7-3-1)9-10-15-8-4-5-11-23(15)18-16-17(20-12-19-16)21-13-22-18/h1-3,6-7,12-13,15H,4-5,8-11H2,(H,19,20,21,22)/t15-/m0/s1. The molecule has 1 atom stereocenters. The molecule has 0 amide bonds. The first-order valence-electron chi connectivity index (χ1n) is 8.36. The van der Waals surface area contributed by atoms with Gasteiger partial charge in [0, 0.05) is 12.6 Å². The predicted octanol–water partition coefficient (Wildman–Crippen LogP) is 3.34. The zero-order chi connectivity index (χ0) is 15.5. The summed E-state index contributed by atoms with van der Waals surface area (Å²) in [5.74, 6) is 1.00. The van der Waals surface area contributed by atoms with Gasteiger partial charge in [0.25, 0.3) is 0 Å². The van der Waals surface area contributed by atoms with Crippen LogP contribution in [0.5, 0.6) is 0 Å². The van der Waals surface area contributed by atoms with Crippen LogP contribution in [-0.4, -0.2) is 32.5 Å². The van der Waals surface area contributed by atoms with Crippen molar-refractivity contribution in [3.05, 3.63) is 48.5 Å². The van der Waals surface area contributed by atoms with Gasteiger partial charge in [-0.2, -0.15) is 0 Å². The molecule has 0 spiro atoms. The first-order chi connectivity index (χ1) is 11.4. The minimum atomic E-state index is 0.533. The Morgan fingerprint density at radius 3 is 2.91 bits per heavy atom. The molecular weight excluding hydrogens is 286 g/mol. The Morgan fingerprint density at radius 2 is 2.00 bits per heavy atom. The van der Waals surface area contributed by atoms with E-state index < -0.39 is 0 Å². The molecule has 5 heteroatoms. The van der Waals surface area contributed by atoms with E-state index in [4.69, 9.17) is 0 Å². The fraction of sp³-hybridized carbons (Fsp3) is 0.389. The monoisotopic (exact) mass is 307 g/mol. The normalized spacial score (nSPS) is 18.4. The molecule has 0 radical (unpaired) electrons. The van der Waals surface area contributed by atoms with Crippen LogP contribution in [0.2, 0.25) is 0 Å². The van der Waals surface area contributed by atoms with Crippen LogP contribution in [0.25, 0.3) is 11.2 Å². The lowest BCUT2D eigenvalue weighted by molar-refractivity contribution is 0.436. The van der Waals surface area contributed by atoms with Crippen molar-refractivity contribution >= 4 is 17.0 Å². The quantitative estimate of drug-likeness (QED) is 0.803. The van der Waals surface area contributed by atoms with Crippen LogP contribution in [0.4, 0.5) is 5.82 Å². The first-order valence-corrected chi connectivity index (χ1v) is 8.36. The minimum absolute atomic E-state index is 0.533. The van der Waals surface area contributed by atoms with Crippen molar-refractivity contribution in [3.63, 3.8) is 0 Å². The fourth-order valence-electron chi connectivity index (χ4n) is 3.53. The van der Waals surface area contributed by atoms with E-state index in [1.807, 2.05) is 0 Å². The maximum atomic E-state index is 4.55. The van der Waals surface area contributed by atoms with Gasteiger partial charge < -0.3 is 9.88 Å². The van der Waals surface area contributed by atoms with E-state index in [9.17, 15) is 0 Å². The van der Waals surface area contributed by atoms with Gasteiger partial charge in [0.05, 0.1) is 6.33 Å². The van der Waals surface area contributed by atoms with Gasteiger partial charge in [0.15, 0.2) is 11.5 Å². The SMILES string of the molecule is c1ccc(CC[C@@H]2CCCCN2c2ncnc3nc[nH]c23)cc1. The van der Waals surface area contributed by atoms with Gasteiger partial charge in [0.2, 0.25) is 0 Å². The fourth-order valence-corrected chi connectivity index (χ4v) is 3.53. The van der Waals surface area contributed by atoms with Gasteiger partial charge in [-0.05, 0) is 37.7 Å². The number of anilines is 1. The summed E-state index contributed by atoms with van der Waals surface area (Å²) in [6.07, 6.45) is 9.34. The second-order valence-electron chi connectivity index (χ2n) is 6.17. The lowest BCUT2D eigenvalue weighted by Gasteiger charge is -2.36. The smallest absolute Gasteiger partial charge is 0.182 e. The van der Waals surface area contributed by atoms with Crippen molar-refractivity contribution in [2.24, 2.45) is 0 Å². The van der Waals surface area contributed by atoms with E-state index >= 15 is 0 Å². The maximum Gasteiger partial charge on any atom is 0.182 e. The summed E-state index contributed by atoms with van der Waals surface area (Å²) in [6.45, 7) is 1.06. The highest BCUT2D eigenvalue weighted by Crippen LogP contribution is 2.29. The average molecular weight is 307 g/mol. The summed E-state index contributed by atoms with van der Waals surface area (Å²) in [5.41, 5.74) is 3.12. The molecular formula is C18H21N5. The number of H-pyrrole nitrogens is 1. The number of imidazole rings is 1. The van der Waals surface area contributed by atoms with Crippen molar-refractivity contribution in [2.45, 2.75) is 38.1 Å². The predicted molar refractivity (Wildman–Crippen MR) is 91.4 cm³/mol. The molecule has 1 aliphatic heterocycles. The maximum absolute atomic E-state index is 4.55. The Kier molecular flexibility index (Phi) is 3.92. The van der Waals surface area contributed by atoms with Crippen LogP contribution in [0.3, 0.4) is 0 Å². The Morgan fingerprint density at radius 1 is 1.09 bits per heavy atom. The molecule has 1 saturated heterocycles. The third-order valence-corrected chi connectivity index (χ3v) is 4.71. The summed E-state index contributed by atoms with van der Waals surface area (Å²) in [6, 6.07) is 11.3. The summed E-state index contributed by atoms with van der Waals surface area (Å²) in [5, 5.41) is 0. The van der Waals surface area contributed by atoms with Crippen LogP contribution in [0.15, 0.2) is 43.0 Å². The molecule has 5 nitrogen and oxygen atoms in total. The van der Waals surface area contributed by atoms with E-state index in [1.165, 1.54) is 24.8 Å². The third-order valence-electron chi connectivity index (χ3n) is 4.71. The number of benzene rings is 1. The highest BCUT2D eigenvalue weighted by molar-refractivity contribution is 5.82. The molecule has 23 heavy (non-hydrogen) atoms. The third kappa shape index (κ3) is 2.91. The number of nitrogens with one attached hydrogen (secondary N) is 1. The second-order valence-corrected chi connectivity index (χ2v) is 6.17. The van der Waals surface area contributed by atoms with Crippen molar-refractivity contribution in [3.8, 4) is 0 Å². The second kappa shape index (κ2) is 6.36.